The third kappa shape index (κ3) is 1.12. The molecule has 1 aromatic carbocycles. The fourth-order valence-corrected chi connectivity index (χ4v) is 1.29. The molecule has 60 valence electrons. The molecule has 0 radical (unpaired) electrons. The Morgan fingerprint density at radius 3 is 2.83 bits per heavy atom. The molecular weight excluding hydrogens is 168 g/mol. The van der Waals surface area contributed by atoms with Crippen molar-refractivity contribution in [3.63, 3.8) is 0 Å². The highest BCUT2D eigenvalue weighted by molar-refractivity contribution is 7.80. The molecule has 0 spiro atoms. The molecule has 0 unspecified atom stereocenters. The fourth-order valence-electron chi connectivity index (χ4n) is 1.12. The molecule has 0 aliphatic rings. The molecule has 0 bridgehead atoms. The number of anilines is 1. The van der Waals surface area contributed by atoms with E-state index in [1.54, 1.807) is 0 Å². The summed E-state index contributed by atoms with van der Waals surface area (Å²) in [5.74, 6) is 0. The third-order valence-electron chi connectivity index (χ3n) is 1.73. The van der Waals surface area contributed by atoms with Gasteiger partial charge in [-0.05, 0) is 12.1 Å². The van der Waals surface area contributed by atoms with Gasteiger partial charge in [-0.1, -0.05) is 18.2 Å². The van der Waals surface area contributed by atoms with Crippen molar-refractivity contribution < 1.29 is 0 Å². The smallest absolute Gasteiger partial charge is 0.117 e. The molecule has 2 rings (SSSR count). The van der Waals surface area contributed by atoms with Gasteiger partial charge in [-0.3, -0.25) is 0 Å². The Bertz CT molecular complexity index is 385. The van der Waals surface area contributed by atoms with Crippen molar-refractivity contribution in [2.45, 2.75) is 5.03 Å². The maximum atomic E-state index is 5.65. The minimum Gasteiger partial charge on any atom is -0.397 e. The van der Waals surface area contributed by atoms with Gasteiger partial charge >= 0.3 is 0 Å². The highest BCUT2D eigenvalue weighted by atomic mass is 32.1. The Labute approximate surface area is 75.8 Å². The molecule has 1 aromatic heterocycles. The second kappa shape index (κ2) is 2.68. The largest absolute Gasteiger partial charge is 0.397 e. The monoisotopic (exact) mass is 176 g/mol. The summed E-state index contributed by atoms with van der Waals surface area (Å²) >= 11 is 4.14. The van der Waals surface area contributed by atoms with Crippen LogP contribution in [-0.2, 0) is 0 Å². The standard InChI is InChI=1S/C9H8N2S/c10-7-5-6-3-1-2-4-8(6)11-9(7)12/h1-5H,10H2,(H,11,12). The van der Waals surface area contributed by atoms with Crippen LogP contribution in [0, 0.1) is 0 Å². The molecule has 0 fully saturated rings. The van der Waals surface area contributed by atoms with Gasteiger partial charge in [-0.15, -0.1) is 12.6 Å². The zero-order chi connectivity index (χ0) is 8.55. The molecule has 2 aromatic rings. The number of thiol groups is 1. The highest BCUT2D eigenvalue weighted by Gasteiger charge is 1.98. The average Bonchev–Trinajstić information content (AvgIpc) is 2.07. The number of aromatic nitrogens is 1. The SMILES string of the molecule is Nc1cc2ccccc2nc1S. The summed E-state index contributed by atoms with van der Waals surface area (Å²) < 4.78 is 0. The van der Waals surface area contributed by atoms with Crippen molar-refractivity contribution >= 4 is 29.2 Å². The Kier molecular flexibility index (Phi) is 1.66. The second-order valence-corrected chi connectivity index (χ2v) is 3.02. The summed E-state index contributed by atoms with van der Waals surface area (Å²) in [6, 6.07) is 9.70. The minimum atomic E-state index is 0.591. The number of hydrogen-bond acceptors (Lipinski definition) is 3. The lowest BCUT2D eigenvalue weighted by atomic mass is 10.2. The molecule has 0 saturated carbocycles. The number of rotatable bonds is 0. The van der Waals surface area contributed by atoms with E-state index in [4.69, 9.17) is 5.73 Å². The van der Waals surface area contributed by atoms with E-state index in [1.807, 2.05) is 30.3 Å². The van der Waals surface area contributed by atoms with Crippen molar-refractivity contribution in [1.29, 1.82) is 0 Å². The van der Waals surface area contributed by atoms with E-state index in [0.29, 0.717) is 10.7 Å². The number of para-hydroxylation sites is 1. The molecule has 0 aliphatic carbocycles. The van der Waals surface area contributed by atoms with E-state index < -0.39 is 0 Å². The lowest BCUT2D eigenvalue weighted by Gasteiger charge is -2.00. The van der Waals surface area contributed by atoms with Crippen LogP contribution in [0.5, 0.6) is 0 Å². The van der Waals surface area contributed by atoms with Crippen LogP contribution in [0.25, 0.3) is 10.9 Å². The van der Waals surface area contributed by atoms with Crippen molar-refractivity contribution in [2.24, 2.45) is 0 Å². The summed E-state index contributed by atoms with van der Waals surface area (Å²) in [6.07, 6.45) is 0. The van der Waals surface area contributed by atoms with Crippen LogP contribution in [-0.4, -0.2) is 4.98 Å². The third-order valence-corrected chi connectivity index (χ3v) is 2.09. The molecule has 2 N–H and O–H groups in total. The number of nitrogen functional groups attached to an aromatic ring is 1. The van der Waals surface area contributed by atoms with E-state index in [0.717, 1.165) is 10.9 Å². The quantitative estimate of drug-likeness (QED) is 0.603. The van der Waals surface area contributed by atoms with Crippen LogP contribution in [0.1, 0.15) is 0 Å². The van der Waals surface area contributed by atoms with E-state index in [9.17, 15) is 0 Å². The molecule has 1 heterocycles. The van der Waals surface area contributed by atoms with Crippen molar-refractivity contribution in [3.05, 3.63) is 30.3 Å². The van der Waals surface area contributed by atoms with Gasteiger partial charge in [-0.2, -0.15) is 0 Å². The normalized spacial score (nSPS) is 10.4. The maximum absolute atomic E-state index is 5.65. The predicted molar refractivity (Wildman–Crippen MR) is 53.4 cm³/mol. The van der Waals surface area contributed by atoms with Crippen molar-refractivity contribution in [1.82, 2.24) is 4.98 Å². The van der Waals surface area contributed by atoms with Crippen molar-refractivity contribution in [3.8, 4) is 0 Å². The van der Waals surface area contributed by atoms with Gasteiger partial charge in [0.2, 0.25) is 0 Å². The first-order valence-corrected chi connectivity index (χ1v) is 4.06. The van der Waals surface area contributed by atoms with Gasteiger partial charge in [0.1, 0.15) is 5.03 Å². The van der Waals surface area contributed by atoms with Crippen LogP contribution < -0.4 is 5.73 Å². The number of benzene rings is 1. The number of pyridine rings is 1. The van der Waals surface area contributed by atoms with Crippen molar-refractivity contribution in [2.75, 3.05) is 5.73 Å². The number of nitrogens with zero attached hydrogens (tertiary/aromatic N) is 1. The van der Waals surface area contributed by atoms with E-state index >= 15 is 0 Å². The topological polar surface area (TPSA) is 38.9 Å². The second-order valence-electron chi connectivity index (χ2n) is 2.59. The lowest BCUT2D eigenvalue weighted by Crippen LogP contribution is -1.90. The molecule has 0 aliphatic heterocycles. The zero-order valence-corrected chi connectivity index (χ0v) is 7.25. The summed E-state index contributed by atoms with van der Waals surface area (Å²) in [4.78, 5) is 4.21. The van der Waals surface area contributed by atoms with Gasteiger partial charge in [0.15, 0.2) is 0 Å². The lowest BCUT2D eigenvalue weighted by molar-refractivity contribution is 1.21. The maximum Gasteiger partial charge on any atom is 0.117 e. The Balaban J connectivity index is 2.84. The first-order chi connectivity index (χ1) is 5.77. The zero-order valence-electron chi connectivity index (χ0n) is 6.36. The molecule has 12 heavy (non-hydrogen) atoms. The van der Waals surface area contributed by atoms with Crippen LogP contribution in [0.15, 0.2) is 35.4 Å². The molecule has 0 amide bonds. The first-order valence-electron chi connectivity index (χ1n) is 3.61. The minimum absolute atomic E-state index is 0.591. The molecule has 3 heteroatoms. The summed E-state index contributed by atoms with van der Waals surface area (Å²) in [7, 11) is 0. The fraction of sp³-hybridized carbons (Fsp3) is 0. The van der Waals surface area contributed by atoms with Crippen LogP contribution >= 0.6 is 12.6 Å². The van der Waals surface area contributed by atoms with E-state index in [-0.39, 0.29) is 0 Å². The van der Waals surface area contributed by atoms with Crippen LogP contribution in [0.4, 0.5) is 5.69 Å². The Morgan fingerprint density at radius 2 is 2.00 bits per heavy atom. The van der Waals surface area contributed by atoms with E-state index in [1.165, 1.54) is 0 Å². The van der Waals surface area contributed by atoms with Crippen LogP contribution in [0.2, 0.25) is 0 Å². The van der Waals surface area contributed by atoms with Crippen LogP contribution in [0.3, 0.4) is 0 Å². The summed E-state index contributed by atoms with van der Waals surface area (Å²) in [5.41, 5.74) is 7.20. The van der Waals surface area contributed by atoms with Gasteiger partial charge < -0.3 is 5.73 Å². The molecule has 0 atom stereocenters. The van der Waals surface area contributed by atoms with Gasteiger partial charge in [0.05, 0.1) is 11.2 Å². The first kappa shape index (κ1) is 7.43. The predicted octanol–water partition coefficient (Wildman–Crippen LogP) is 2.11. The van der Waals surface area contributed by atoms with E-state index in [2.05, 4.69) is 17.6 Å². The highest BCUT2D eigenvalue weighted by Crippen LogP contribution is 2.20. The summed E-state index contributed by atoms with van der Waals surface area (Å²) in [5, 5.41) is 1.64. The molecule has 2 nitrogen and oxygen atoms in total. The Morgan fingerprint density at radius 1 is 1.25 bits per heavy atom. The Hall–Kier alpha value is -1.22. The average molecular weight is 176 g/mol. The van der Waals surface area contributed by atoms with Gasteiger partial charge in [0.25, 0.3) is 0 Å². The number of fused-ring (bicyclic) bond motifs is 1. The molecular formula is C9H8N2S. The van der Waals surface area contributed by atoms with Gasteiger partial charge in [0, 0.05) is 5.39 Å². The summed E-state index contributed by atoms with van der Waals surface area (Å²) in [6.45, 7) is 0. The number of hydrogen-bond donors (Lipinski definition) is 2. The molecule has 0 saturated heterocycles. The number of nitrogens with two attached hydrogens (primary N) is 1. The van der Waals surface area contributed by atoms with Gasteiger partial charge in [-0.25, -0.2) is 4.98 Å².